The molecule has 0 saturated carbocycles. The highest BCUT2D eigenvalue weighted by molar-refractivity contribution is 5.63. The molecule has 0 aliphatic carbocycles. The van der Waals surface area contributed by atoms with E-state index in [9.17, 15) is 4.39 Å². The van der Waals surface area contributed by atoms with Crippen LogP contribution in [0, 0.1) is 5.82 Å². The van der Waals surface area contributed by atoms with E-state index in [2.05, 4.69) is 15.0 Å². The van der Waals surface area contributed by atoms with Crippen LogP contribution in [-0.2, 0) is 0 Å². The summed E-state index contributed by atoms with van der Waals surface area (Å²) in [4.78, 5) is 14.3. The summed E-state index contributed by atoms with van der Waals surface area (Å²) in [5.41, 5.74) is 1.65. The second-order valence-electron chi connectivity index (χ2n) is 4.39. The Morgan fingerprint density at radius 2 is 2.16 bits per heavy atom. The van der Waals surface area contributed by atoms with Crippen LogP contribution in [0.25, 0.3) is 16.9 Å². The van der Waals surface area contributed by atoms with E-state index >= 15 is 0 Å². The minimum Gasteiger partial charge on any atom is -0.363 e. The molecule has 0 bridgehead atoms. The lowest BCUT2D eigenvalue weighted by molar-refractivity contribution is 0.628. The zero-order valence-electron chi connectivity index (χ0n) is 10.6. The van der Waals surface area contributed by atoms with Crippen LogP contribution >= 0.6 is 0 Å². The van der Waals surface area contributed by atoms with Crippen LogP contribution < -0.4 is 4.90 Å². The number of hydrogen-bond acceptors (Lipinski definition) is 4. The van der Waals surface area contributed by atoms with Gasteiger partial charge in [0.25, 0.3) is 0 Å². The highest BCUT2D eigenvalue weighted by Gasteiger charge is 2.11. The summed E-state index contributed by atoms with van der Waals surface area (Å²) < 4.78 is 15.8. The smallest absolute Gasteiger partial charge is 0.140 e. The highest BCUT2D eigenvalue weighted by Crippen LogP contribution is 2.23. The topological polar surface area (TPSA) is 46.3 Å². The molecule has 0 radical (unpaired) electrons. The minimum absolute atomic E-state index is 0.338. The number of anilines is 1. The molecule has 0 N–H and O–H groups in total. The van der Waals surface area contributed by atoms with Crippen LogP contribution in [0.2, 0.25) is 0 Å². The maximum atomic E-state index is 14.1. The van der Waals surface area contributed by atoms with Gasteiger partial charge in [-0.3, -0.25) is 4.40 Å². The molecule has 0 aliphatic heterocycles. The molecule has 96 valence electrons. The molecule has 0 saturated heterocycles. The monoisotopic (exact) mass is 257 g/mol. The molecule has 3 heterocycles. The van der Waals surface area contributed by atoms with Crippen molar-refractivity contribution >= 4 is 11.5 Å². The van der Waals surface area contributed by atoms with Crippen LogP contribution in [0.4, 0.5) is 10.2 Å². The van der Waals surface area contributed by atoms with Gasteiger partial charge in [0.15, 0.2) is 0 Å². The fourth-order valence-corrected chi connectivity index (χ4v) is 1.83. The predicted molar refractivity (Wildman–Crippen MR) is 70.5 cm³/mol. The van der Waals surface area contributed by atoms with Crippen molar-refractivity contribution < 1.29 is 4.39 Å². The summed E-state index contributed by atoms with van der Waals surface area (Å²) in [6.45, 7) is 0. The van der Waals surface area contributed by atoms with E-state index in [0.29, 0.717) is 17.1 Å². The molecule has 19 heavy (non-hydrogen) atoms. The molecule has 6 heteroatoms. The zero-order valence-corrected chi connectivity index (χ0v) is 10.6. The number of aromatic nitrogens is 4. The fourth-order valence-electron chi connectivity index (χ4n) is 1.83. The van der Waals surface area contributed by atoms with Gasteiger partial charge in [0.1, 0.15) is 23.6 Å². The van der Waals surface area contributed by atoms with Crippen LogP contribution in [-0.4, -0.2) is 33.4 Å². The lowest BCUT2D eigenvalue weighted by Gasteiger charge is -2.11. The summed E-state index contributed by atoms with van der Waals surface area (Å²) in [6, 6.07) is 3.17. The van der Waals surface area contributed by atoms with Crippen molar-refractivity contribution in [1.82, 2.24) is 19.4 Å². The van der Waals surface area contributed by atoms with Crippen LogP contribution in [0.5, 0.6) is 0 Å². The Balaban J connectivity index is 2.11. The first-order chi connectivity index (χ1) is 9.15. The molecule has 0 amide bonds. The number of halogens is 1. The van der Waals surface area contributed by atoms with Crippen LogP contribution in [0.3, 0.4) is 0 Å². The molecule has 3 rings (SSSR count). The van der Waals surface area contributed by atoms with E-state index in [1.165, 1.54) is 12.3 Å². The Morgan fingerprint density at radius 3 is 2.84 bits per heavy atom. The number of pyridine rings is 1. The first-order valence-corrected chi connectivity index (χ1v) is 5.77. The van der Waals surface area contributed by atoms with E-state index < -0.39 is 0 Å². The molecule has 5 nitrogen and oxygen atoms in total. The van der Waals surface area contributed by atoms with Crippen molar-refractivity contribution in [1.29, 1.82) is 0 Å². The normalized spacial score (nSPS) is 10.9. The van der Waals surface area contributed by atoms with Gasteiger partial charge in [-0.2, -0.15) is 0 Å². The average Bonchev–Trinajstić information content (AvgIpc) is 2.81. The Kier molecular flexibility index (Phi) is 2.63. The molecule has 0 spiro atoms. The molecular formula is C13H12FN5. The van der Waals surface area contributed by atoms with Crippen molar-refractivity contribution in [2.75, 3.05) is 19.0 Å². The van der Waals surface area contributed by atoms with Crippen LogP contribution in [0.1, 0.15) is 0 Å². The molecule has 0 aromatic carbocycles. The van der Waals surface area contributed by atoms with Gasteiger partial charge < -0.3 is 4.90 Å². The lowest BCUT2D eigenvalue weighted by atomic mass is 10.2. The summed E-state index contributed by atoms with van der Waals surface area (Å²) in [5.74, 6) is 0.238. The van der Waals surface area contributed by atoms with Crippen molar-refractivity contribution in [2.45, 2.75) is 0 Å². The van der Waals surface area contributed by atoms with Gasteiger partial charge >= 0.3 is 0 Å². The second kappa shape index (κ2) is 4.31. The summed E-state index contributed by atoms with van der Waals surface area (Å²) in [5, 5.41) is 0. The maximum Gasteiger partial charge on any atom is 0.140 e. The number of imidazole rings is 1. The molecule has 0 unspecified atom stereocenters. The first kappa shape index (κ1) is 11.6. The largest absolute Gasteiger partial charge is 0.363 e. The third-order valence-corrected chi connectivity index (χ3v) is 2.83. The quantitative estimate of drug-likeness (QED) is 0.704. The van der Waals surface area contributed by atoms with Crippen molar-refractivity contribution in [3.63, 3.8) is 0 Å². The Bertz CT molecular complexity index is 702. The van der Waals surface area contributed by atoms with Crippen LogP contribution in [0.15, 0.2) is 37.1 Å². The van der Waals surface area contributed by atoms with Gasteiger partial charge in [-0.15, -0.1) is 0 Å². The van der Waals surface area contributed by atoms with Gasteiger partial charge in [0, 0.05) is 38.8 Å². The highest BCUT2D eigenvalue weighted by atomic mass is 19.1. The standard InChI is InChI=1S/C13H12FN5/c1-18(2)13-5-10(14)9(6-16-13)11-7-19-8-15-4-3-12(19)17-11/h3-8H,1-2H3. The van der Waals surface area contributed by atoms with E-state index in [0.717, 1.165) is 5.65 Å². The van der Waals surface area contributed by atoms with Gasteiger partial charge in [-0.1, -0.05) is 0 Å². The molecule has 0 fully saturated rings. The third-order valence-electron chi connectivity index (χ3n) is 2.83. The van der Waals surface area contributed by atoms with Gasteiger partial charge in [-0.25, -0.2) is 19.3 Å². The van der Waals surface area contributed by atoms with E-state index in [1.54, 1.807) is 34.1 Å². The second-order valence-corrected chi connectivity index (χ2v) is 4.39. The van der Waals surface area contributed by atoms with Gasteiger partial charge in [0.05, 0.1) is 11.3 Å². The van der Waals surface area contributed by atoms with Gasteiger partial charge in [-0.05, 0) is 6.07 Å². The SMILES string of the molecule is CN(C)c1cc(F)c(-c2cn3cnccc3n2)cn1. The van der Waals surface area contributed by atoms with Crippen molar-refractivity contribution in [3.05, 3.63) is 42.9 Å². The van der Waals surface area contributed by atoms with Crippen molar-refractivity contribution in [3.8, 4) is 11.3 Å². The first-order valence-electron chi connectivity index (χ1n) is 5.77. The summed E-state index contributed by atoms with van der Waals surface area (Å²) in [6.07, 6.45) is 6.51. The fraction of sp³-hybridized carbons (Fsp3) is 0.154. The number of fused-ring (bicyclic) bond motifs is 1. The Morgan fingerprint density at radius 1 is 1.32 bits per heavy atom. The molecule has 0 atom stereocenters. The molecular weight excluding hydrogens is 245 g/mol. The van der Waals surface area contributed by atoms with E-state index in [4.69, 9.17) is 0 Å². The maximum absolute atomic E-state index is 14.1. The van der Waals surface area contributed by atoms with E-state index in [1.807, 2.05) is 14.1 Å². The Hall–Kier alpha value is -2.50. The molecule has 3 aromatic rings. The summed E-state index contributed by atoms with van der Waals surface area (Å²) >= 11 is 0. The zero-order chi connectivity index (χ0) is 13.4. The number of hydrogen-bond donors (Lipinski definition) is 0. The average molecular weight is 257 g/mol. The summed E-state index contributed by atoms with van der Waals surface area (Å²) in [7, 11) is 3.63. The molecule has 3 aromatic heterocycles. The predicted octanol–water partition coefficient (Wildman–Crippen LogP) is 2.00. The molecule has 0 aliphatic rings. The Labute approximate surface area is 109 Å². The number of rotatable bonds is 2. The minimum atomic E-state index is -0.338. The van der Waals surface area contributed by atoms with E-state index in [-0.39, 0.29) is 5.82 Å². The van der Waals surface area contributed by atoms with Gasteiger partial charge in [0.2, 0.25) is 0 Å². The van der Waals surface area contributed by atoms with Crippen molar-refractivity contribution in [2.24, 2.45) is 0 Å². The lowest BCUT2D eigenvalue weighted by Crippen LogP contribution is -2.10. The third kappa shape index (κ3) is 2.01. The number of nitrogens with zero attached hydrogens (tertiary/aromatic N) is 5.